The van der Waals surface area contributed by atoms with Gasteiger partial charge in [0.05, 0.1) is 61.1 Å². The average Bonchev–Trinajstić information content (AvgIpc) is 4.26. The van der Waals surface area contributed by atoms with E-state index in [-0.39, 0.29) is 11.1 Å². The van der Waals surface area contributed by atoms with Gasteiger partial charge in [-0.3, -0.25) is 0 Å². The lowest BCUT2D eigenvalue weighted by Crippen LogP contribution is -2.27. The van der Waals surface area contributed by atoms with E-state index < -0.39 is 5.60 Å². The lowest BCUT2D eigenvalue weighted by atomic mass is 9.95. The predicted molar refractivity (Wildman–Crippen MR) is 297 cm³/mol. The topological polar surface area (TPSA) is 174 Å². The first kappa shape index (κ1) is 50.7. The number of thiophene rings is 4. The van der Waals surface area contributed by atoms with Crippen molar-refractivity contribution in [2.24, 2.45) is 11.8 Å². The van der Waals surface area contributed by atoms with E-state index in [4.69, 9.17) is 23.0 Å². The second-order valence-corrected chi connectivity index (χ2v) is 23.5. The maximum Gasteiger partial charge on any atom is 0.140 e. The molecule has 0 fully saturated rings. The van der Waals surface area contributed by atoms with Crippen LogP contribution < -0.4 is 14.2 Å². The van der Waals surface area contributed by atoms with Gasteiger partial charge in [0, 0.05) is 48.5 Å². The summed E-state index contributed by atoms with van der Waals surface area (Å²) in [7, 11) is 0. The van der Waals surface area contributed by atoms with Crippen molar-refractivity contribution in [1.82, 2.24) is 17.5 Å². The monoisotopic (exact) mass is 1060 g/mol. The number of hydrogen-bond acceptors (Lipinski definition) is 17. The molecule has 6 aromatic heterocycles. The van der Waals surface area contributed by atoms with Gasteiger partial charge in [0.2, 0.25) is 0 Å². The zero-order valence-corrected chi connectivity index (χ0v) is 45.7. The lowest BCUT2D eigenvalue weighted by molar-refractivity contribution is 0.107. The number of nitrogens with zero attached hydrogens (tertiary/aromatic N) is 8. The fourth-order valence-corrected chi connectivity index (χ4v) is 15.0. The van der Waals surface area contributed by atoms with Crippen molar-refractivity contribution >= 4 is 103 Å². The van der Waals surface area contributed by atoms with Crippen LogP contribution >= 0.6 is 68.8 Å². The van der Waals surface area contributed by atoms with Crippen LogP contribution in [0.3, 0.4) is 0 Å². The Morgan fingerprint density at radius 1 is 0.583 bits per heavy atom. The summed E-state index contributed by atoms with van der Waals surface area (Å²) in [6.07, 6.45) is 12.0. The van der Waals surface area contributed by atoms with Gasteiger partial charge >= 0.3 is 0 Å². The number of ether oxygens (including phenoxy) is 3. The Morgan fingerprint density at radius 2 is 1.03 bits per heavy atom. The fraction of sp³-hybridized carbons (Fsp3) is 0.345. The maximum absolute atomic E-state index is 9.50. The molecule has 0 saturated carbocycles. The molecule has 364 valence electrons. The summed E-state index contributed by atoms with van der Waals surface area (Å²) in [4.78, 5) is 8.38. The van der Waals surface area contributed by atoms with Gasteiger partial charge in [-0.15, -0.1) is 45.3 Å². The first-order valence-electron chi connectivity index (χ1n) is 24.1. The van der Waals surface area contributed by atoms with Crippen molar-refractivity contribution < 1.29 is 14.2 Å². The molecule has 2 atom stereocenters. The van der Waals surface area contributed by atoms with Gasteiger partial charge < -0.3 is 14.2 Å². The lowest BCUT2D eigenvalue weighted by Gasteiger charge is -2.31. The quantitative estimate of drug-likeness (QED) is 0.0664. The highest BCUT2D eigenvalue weighted by atomic mass is 32.1. The number of rotatable bonds is 20. The minimum atomic E-state index is -0.637. The Bertz CT molecular complexity index is 3500. The van der Waals surface area contributed by atoms with Crippen molar-refractivity contribution in [1.29, 1.82) is 21.0 Å². The molecule has 9 rings (SSSR count). The van der Waals surface area contributed by atoms with Crippen molar-refractivity contribution in [2.75, 3.05) is 13.2 Å². The van der Waals surface area contributed by atoms with Gasteiger partial charge in [-0.1, -0.05) is 90.5 Å². The molecule has 11 nitrogen and oxygen atoms in total. The molecule has 17 heteroatoms. The van der Waals surface area contributed by atoms with E-state index in [2.05, 4.69) is 74.6 Å². The summed E-state index contributed by atoms with van der Waals surface area (Å²) in [5, 5.41) is 38.0. The summed E-state index contributed by atoms with van der Waals surface area (Å²) in [6.45, 7) is 14.4. The van der Waals surface area contributed by atoms with E-state index in [0.717, 1.165) is 148 Å². The first-order valence-corrected chi connectivity index (χ1v) is 28.8. The van der Waals surface area contributed by atoms with Crippen LogP contribution in [0.5, 0.6) is 17.2 Å². The molecular weight excluding hydrogens is 1010 g/mol. The van der Waals surface area contributed by atoms with Gasteiger partial charge in [-0.2, -0.15) is 38.5 Å². The molecule has 0 saturated heterocycles. The zero-order valence-electron chi connectivity index (χ0n) is 40.8. The molecule has 0 aliphatic carbocycles. The number of fused-ring (bicyclic) bond motifs is 5. The fourth-order valence-electron chi connectivity index (χ4n) is 8.84. The standard InChI is InChI=1S/C55H50N8O3S6/c1-7-11-13-31(9-3)29-64-40-22-43(37-17-15-35(19-33(25-56)26-57)47-49(37)62-71-60-47)67-52(40)45-21-39-51(69-45)54-42(66-55(39,5)6)24-46(70-54)53-41(65-30-32(10-4)14-12-8-2)23-44(68-53)38-18-16-36(20-34(27-58)28-59)48-50(38)63-72-61-48/h15-24,31-32H,7-14,29-30H2,1-6H3. The van der Waals surface area contributed by atoms with Crippen LogP contribution in [0, 0.1) is 57.2 Å². The number of unbranched alkanes of at least 4 members (excludes halogenated alkanes) is 2. The molecule has 8 aromatic rings. The minimum Gasteiger partial charge on any atom is -0.492 e. The number of aromatic nitrogens is 4. The third-order valence-electron chi connectivity index (χ3n) is 13.0. The van der Waals surface area contributed by atoms with Crippen LogP contribution in [0.15, 0.2) is 59.7 Å². The van der Waals surface area contributed by atoms with E-state index >= 15 is 0 Å². The third kappa shape index (κ3) is 10.2. The molecule has 0 N–H and O–H groups in total. The highest BCUT2D eigenvalue weighted by Crippen LogP contribution is 2.59. The number of allylic oxidation sites excluding steroid dienone is 2. The second kappa shape index (κ2) is 22.2. The normalized spacial score (nSPS) is 13.2. The van der Waals surface area contributed by atoms with E-state index in [1.54, 1.807) is 57.5 Å². The first-order chi connectivity index (χ1) is 35.0. The third-order valence-corrected chi connectivity index (χ3v) is 19.2. The molecule has 0 amide bonds. The highest BCUT2D eigenvalue weighted by molar-refractivity contribution is 7.30. The molecule has 72 heavy (non-hydrogen) atoms. The predicted octanol–water partition coefficient (Wildman–Crippen LogP) is 17.0. The molecular formula is C55H50N8O3S6. The summed E-state index contributed by atoms with van der Waals surface area (Å²) >= 11 is 9.02. The molecule has 1 aliphatic rings. The molecule has 0 radical (unpaired) electrons. The highest BCUT2D eigenvalue weighted by Gasteiger charge is 2.38. The van der Waals surface area contributed by atoms with Crippen LogP contribution in [0.2, 0.25) is 0 Å². The van der Waals surface area contributed by atoms with Crippen LogP contribution in [0.4, 0.5) is 0 Å². The number of nitriles is 4. The second-order valence-electron chi connectivity index (χ2n) is 18.2. The molecule has 0 bridgehead atoms. The van der Waals surface area contributed by atoms with E-state index in [0.29, 0.717) is 58.2 Å². The summed E-state index contributed by atoms with van der Waals surface area (Å²) < 4.78 is 39.3. The largest absolute Gasteiger partial charge is 0.492 e. The van der Waals surface area contributed by atoms with Gasteiger partial charge in [0.25, 0.3) is 0 Å². The smallest absolute Gasteiger partial charge is 0.140 e. The summed E-state index contributed by atoms with van der Waals surface area (Å²) in [5.41, 5.74) is 6.37. The summed E-state index contributed by atoms with van der Waals surface area (Å²) in [6, 6.07) is 24.4. The van der Waals surface area contributed by atoms with Gasteiger partial charge in [-0.05, 0) is 68.9 Å². The van der Waals surface area contributed by atoms with Crippen LogP contribution in [0.25, 0.3) is 84.4 Å². The van der Waals surface area contributed by atoms with Crippen LogP contribution in [0.1, 0.15) is 110 Å². The van der Waals surface area contributed by atoms with Crippen molar-refractivity contribution in [3.05, 3.63) is 76.4 Å². The van der Waals surface area contributed by atoms with Gasteiger partial charge in [-0.25, -0.2) is 0 Å². The minimum absolute atomic E-state index is 0.00484. The Hall–Kier alpha value is -6.28. The molecule has 7 heterocycles. The van der Waals surface area contributed by atoms with E-state index in [1.165, 1.54) is 0 Å². The van der Waals surface area contributed by atoms with Crippen LogP contribution in [-0.4, -0.2) is 30.7 Å². The van der Waals surface area contributed by atoms with Gasteiger partial charge in [0.1, 0.15) is 80.3 Å². The average molecular weight is 1060 g/mol. The molecule has 0 spiro atoms. The Morgan fingerprint density at radius 3 is 1.49 bits per heavy atom. The molecule has 2 unspecified atom stereocenters. The van der Waals surface area contributed by atoms with Crippen molar-refractivity contribution in [3.63, 3.8) is 0 Å². The van der Waals surface area contributed by atoms with E-state index in [9.17, 15) is 21.0 Å². The van der Waals surface area contributed by atoms with Gasteiger partial charge in [0.15, 0.2) is 0 Å². The number of hydrogen-bond donors (Lipinski definition) is 0. The number of benzene rings is 2. The van der Waals surface area contributed by atoms with E-state index in [1.807, 2.05) is 48.5 Å². The van der Waals surface area contributed by atoms with Crippen molar-refractivity contribution in [2.45, 2.75) is 98.5 Å². The summed E-state index contributed by atoms with van der Waals surface area (Å²) in [5.74, 6) is 3.32. The molecule has 2 aromatic carbocycles. The Kier molecular flexibility index (Phi) is 15.6. The van der Waals surface area contributed by atoms with Crippen LogP contribution in [-0.2, 0) is 5.60 Å². The SMILES string of the molecule is CCCCC(CC)COc1cc(-c2ccc(C=C(C#N)C#N)c3nsnc23)sc1-c1cc2c(s1)-c1sc(-c3sc(-c4ccc(C=C(C#N)C#N)c5nsnc45)cc3OCC(CC)CCCC)cc1C(C)(C)O2. The Labute approximate surface area is 444 Å². The maximum atomic E-state index is 9.50. The molecule has 1 aliphatic heterocycles. The Balaban J connectivity index is 1.13. The zero-order chi connectivity index (χ0) is 50.5. The van der Waals surface area contributed by atoms with Crippen molar-refractivity contribution in [3.8, 4) is 91.7 Å².